The molecular weight excluding hydrogens is 388 g/mol. The number of anilines is 2. The lowest BCUT2D eigenvalue weighted by molar-refractivity contribution is -0.113. The van der Waals surface area contributed by atoms with E-state index in [2.05, 4.69) is 30.8 Å². The standard InChI is InChI=1S/C16H18N6O3S2/c23-13(18-9-3-4-11-12(6-9)20-14(24)19-11)8-26-16-22-21-15(27-16)17-7-10-2-1-5-25-10/h3-4,6,10H,1-2,5,7-8H2,(H,17,21)(H,18,23)(H2,19,20,24). The number of hydrogen-bond donors (Lipinski definition) is 4. The van der Waals surface area contributed by atoms with E-state index in [9.17, 15) is 9.59 Å². The Balaban J connectivity index is 1.26. The topological polar surface area (TPSA) is 125 Å². The lowest BCUT2D eigenvalue weighted by Gasteiger charge is -2.08. The number of rotatable bonds is 7. The van der Waals surface area contributed by atoms with E-state index in [1.54, 1.807) is 18.2 Å². The first kappa shape index (κ1) is 18.0. The van der Waals surface area contributed by atoms with E-state index in [4.69, 9.17) is 4.74 Å². The molecule has 1 unspecified atom stereocenters. The number of H-pyrrole nitrogens is 2. The monoisotopic (exact) mass is 406 g/mol. The number of carbonyl (C=O) groups is 1. The van der Waals surface area contributed by atoms with E-state index in [0.717, 1.165) is 35.5 Å². The van der Waals surface area contributed by atoms with Gasteiger partial charge in [-0.05, 0) is 31.0 Å². The lowest BCUT2D eigenvalue weighted by Crippen LogP contribution is -2.18. The Hall–Kier alpha value is -2.37. The molecule has 3 heterocycles. The van der Waals surface area contributed by atoms with Crippen LogP contribution in [0.3, 0.4) is 0 Å². The van der Waals surface area contributed by atoms with Gasteiger partial charge in [-0.3, -0.25) is 4.79 Å². The number of hydrogen-bond acceptors (Lipinski definition) is 8. The Morgan fingerprint density at radius 1 is 1.33 bits per heavy atom. The van der Waals surface area contributed by atoms with Crippen LogP contribution in [0.25, 0.3) is 11.0 Å². The molecule has 1 aliphatic rings. The fraction of sp³-hybridized carbons (Fsp3) is 0.375. The number of imidazole rings is 1. The molecule has 2 aromatic heterocycles. The Kier molecular flexibility index (Phi) is 5.41. The Morgan fingerprint density at radius 2 is 2.22 bits per heavy atom. The molecular formula is C16H18N6O3S2. The smallest absolute Gasteiger partial charge is 0.323 e. The number of fused-ring (bicyclic) bond motifs is 1. The van der Waals surface area contributed by atoms with Crippen LogP contribution in [-0.2, 0) is 9.53 Å². The zero-order chi connectivity index (χ0) is 18.6. The number of ether oxygens (including phenoxy) is 1. The highest BCUT2D eigenvalue weighted by molar-refractivity contribution is 8.01. The molecule has 142 valence electrons. The molecule has 1 amide bonds. The SMILES string of the molecule is O=C(CSc1nnc(NCC2CCCO2)s1)Nc1ccc2[nH]c(=O)[nH]c2c1. The van der Waals surface area contributed by atoms with Crippen LogP contribution < -0.4 is 16.3 Å². The van der Waals surface area contributed by atoms with Gasteiger partial charge < -0.3 is 25.3 Å². The summed E-state index contributed by atoms with van der Waals surface area (Å²) in [5.41, 5.74) is 1.70. The minimum Gasteiger partial charge on any atom is -0.376 e. The lowest BCUT2D eigenvalue weighted by atomic mass is 10.2. The van der Waals surface area contributed by atoms with Crippen LogP contribution in [-0.4, -0.2) is 51.1 Å². The van der Waals surface area contributed by atoms with Crippen molar-refractivity contribution in [3.8, 4) is 0 Å². The predicted octanol–water partition coefficient (Wildman–Crippen LogP) is 2.03. The second-order valence-corrected chi connectivity index (χ2v) is 8.27. The van der Waals surface area contributed by atoms with Crippen LogP contribution in [0, 0.1) is 0 Å². The van der Waals surface area contributed by atoms with Gasteiger partial charge in [-0.25, -0.2) is 4.79 Å². The molecule has 1 atom stereocenters. The fourth-order valence-electron chi connectivity index (χ4n) is 2.78. The van der Waals surface area contributed by atoms with Gasteiger partial charge in [-0.1, -0.05) is 23.1 Å². The van der Waals surface area contributed by atoms with E-state index in [1.165, 1.54) is 23.1 Å². The number of amides is 1. The van der Waals surface area contributed by atoms with Gasteiger partial charge in [0.25, 0.3) is 0 Å². The summed E-state index contributed by atoms with van der Waals surface area (Å²) in [5, 5.41) is 14.9. The van der Waals surface area contributed by atoms with Crippen molar-refractivity contribution in [2.75, 3.05) is 29.5 Å². The van der Waals surface area contributed by atoms with Crippen LogP contribution in [0.2, 0.25) is 0 Å². The van der Waals surface area contributed by atoms with Gasteiger partial charge in [0, 0.05) is 18.8 Å². The first-order valence-electron chi connectivity index (χ1n) is 8.49. The maximum Gasteiger partial charge on any atom is 0.323 e. The molecule has 1 aromatic carbocycles. The molecule has 0 bridgehead atoms. The van der Waals surface area contributed by atoms with E-state index in [1.807, 2.05) is 0 Å². The Bertz CT molecular complexity index is 991. The second-order valence-electron chi connectivity index (χ2n) is 6.07. The number of aromatic nitrogens is 4. The minimum atomic E-state index is -0.274. The van der Waals surface area contributed by atoms with Crippen molar-refractivity contribution in [2.45, 2.75) is 23.3 Å². The quantitative estimate of drug-likeness (QED) is 0.443. The van der Waals surface area contributed by atoms with Crippen LogP contribution in [0.5, 0.6) is 0 Å². The minimum absolute atomic E-state index is 0.152. The van der Waals surface area contributed by atoms with Gasteiger partial charge >= 0.3 is 5.69 Å². The fourth-order valence-corrected chi connectivity index (χ4v) is 4.34. The number of thioether (sulfide) groups is 1. The highest BCUT2D eigenvalue weighted by Crippen LogP contribution is 2.26. The molecule has 4 rings (SSSR count). The number of benzene rings is 1. The molecule has 9 nitrogen and oxygen atoms in total. The summed E-state index contributed by atoms with van der Waals surface area (Å²) in [4.78, 5) is 28.8. The van der Waals surface area contributed by atoms with Crippen molar-refractivity contribution in [2.24, 2.45) is 0 Å². The summed E-state index contributed by atoms with van der Waals surface area (Å²) >= 11 is 2.75. The maximum absolute atomic E-state index is 12.1. The Labute approximate surface area is 162 Å². The van der Waals surface area contributed by atoms with Crippen LogP contribution in [0.4, 0.5) is 10.8 Å². The highest BCUT2D eigenvalue weighted by Gasteiger charge is 2.16. The van der Waals surface area contributed by atoms with E-state index >= 15 is 0 Å². The van der Waals surface area contributed by atoms with E-state index < -0.39 is 0 Å². The molecule has 0 aliphatic carbocycles. The molecule has 1 aliphatic heterocycles. The highest BCUT2D eigenvalue weighted by atomic mass is 32.2. The van der Waals surface area contributed by atoms with Gasteiger partial charge in [-0.2, -0.15) is 0 Å². The number of aromatic amines is 2. The van der Waals surface area contributed by atoms with Crippen molar-refractivity contribution in [3.63, 3.8) is 0 Å². The number of carbonyl (C=O) groups excluding carboxylic acids is 1. The molecule has 0 radical (unpaired) electrons. The van der Waals surface area contributed by atoms with Crippen molar-refractivity contribution in [1.29, 1.82) is 0 Å². The molecule has 11 heteroatoms. The van der Waals surface area contributed by atoms with Crippen molar-refractivity contribution in [1.82, 2.24) is 20.2 Å². The summed E-state index contributed by atoms with van der Waals surface area (Å²) in [6.45, 7) is 1.55. The summed E-state index contributed by atoms with van der Waals surface area (Å²) < 4.78 is 6.29. The molecule has 1 fully saturated rings. The van der Waals surface area contributed by atoms with Crippen LogP contribution >= 0.6 is 23.1 Å². The summed E-state index contributed by atoms with van der Waals surface area (Å²) in [6, 6.07) is 5.20. The average Bonchev–Trinajstić information content (AvgIpc) is 3.38. The van der Waals surface area contributed by atoms with Crippen molar-refractivity contribution >= 4 is 50.9 Å². The van der Waals surface area contributed by atoms with Gasteiger partial charge in [0.15, 0.2) is 4.34 Å². The summed E-state index contributed by atoms with van der Waals surface area (Å²) in [7, 11) is 0. The predicted molar refractivity (Wildman–Crippen MR) is 106 cm³/mol. The second kappa shape index (κ2) is 8.11. The van der Waals surface area contributed by atoms with Crippen molar-refractivity contribution in [3.05, 3.63) is 28.7 Å². The summed E-state index contributed by atoms with van der Waals surface area (Å²) in [5.74, 6) is 0.0727. The van der Waals surface area contributed by atoms with E-state index in [0.29, 0.717) is 16.7 Å². The van der Waals surface area contributed by atoms with E-state index in [-0.39, 0.29) is 23.5 Å². The maximum atomic E-state index is 12.1. The largest absolute Gasteiger partial charge is 0.376 e. The Morgan fingerprint density at radius 3 is 3.07 bits per heavy atom. The molecule has 27 heavy (non-hydrogen) atoms. The molecule has 4 N–H and O–H groups in total. The zero-order valence-electron chi connectivity index (χ0n) is 14.3. The van der Waals surface area contributed by atoms with Gasteiger partial charge in [0.05, 0.1) is 22.9 Å². The average molecular weight is 406 g/mol. The van der Waals surface area contributed by atoms with Gasteiger partial charge in [0.2, 0.25) is 11.0 Å². The third kappa shape index (κ3) is 4.67. The first-order valence-corrected chi connectivity index (χ1v) is 10.3. The van der Waals surface area contributed by atoms with Gasteiger partial charge in [0.1, 0.15) is 0 Å². The molecule has 1 saturated heterocycles. The van der Waals surface area contributed by atoms with Crippen molar-refractivity contribution < 1.29 is 9.53 Å². The molecule has 0 saturated carbocycles. The molecule has 3 aromatic rings. The van der Waals surface area contributed by atoms with Gasteiger partial charge in [-0.15, -0.1) is 10.2 Å². The molecule has 0 spiro atoms. The number of nitrogens with one attached hydrogen (secondary N) is 4. The summed E-state index contributed by atoms with van der Waals surface area (Å²) in [6.07, 6.45) is 2.41. The van der Waals surface area contributed by atoms with Crippen LogP contribution in [0.1, 0.15) is 12.8 Å². The zero-order valence-corrected chi connectivity index (χ0v) is 15.9. The third-order valence-electron chi connectivity index (χ3n) is 4.04. The normalized spacial score (nSPS) is 16.7. The third-order valence-corrected chi connectivity index (χ3v) is 6.05. The first-order chi connectivity index (χ1) is 13.2. The number of nitrogens with zero attached hydrogens (tertiary/aromatic N) is 2. The van der Waals surface area contributed by atoms with Crippen LogP contribution in [0.15, 0.2) is 27.3 Å².